The quantitative estimate of drug-likeness (QED) is 0.685. The van der Waals surface area contributed by atoms with Crippen LogP contribution in [0.4, 0.5) is 0 Å². The summed E-state index contributed by atoms with van der Waals surface area (Å²) < 4.78 is 15.7. The van der Waals surface area contributed by atoms with Crippen LogP contribution < -0.4 is 0 Å². The number of aliphatic hydroxyl groups is 1. The molecular formula is C7H20HfO4Si. The van der Waals surface area contributed by atoms with E-state index in [2.05, 4.69) is 0 Å². The van der Waals surface area contributed by atoms with E-state index in [1.54, 1.807) is 0 Å². The van der Waals surface area contributed by atoms with Crippen molar-refractivity contribution in [1.29, 1.82) is 0 Å². The Morgan fingerprint density at radius 3 is 1.23 bits per heavy atom. The Bertz CT molecular complexity index is 63.2. The number of aliphatic hydroxyl groups excluding tert-OH is 1. The van der Waals surface area contributed by atoms with E-state index in [4.69, 9.17) is 18.4 Å². The molecule has 0 aliphatic rings. The monoisotopic (exact) mass is 376 g/mol. The van der Waals surface area contributed by atoms with E-state index < -0.39 is 9.53 Å². The Balaban J connectivity index is -0.000000309. The maximum Gasteiger partial charge on any atom is 0.484 e. The van der Waals surface area contributed by atoms with Crippen molar-refractivity contribution in [1.82, 2.24) is 0 Å². The molecule has 0 aliphatic carbocycles. The summed E-state index contributed by atoms with van der Waals surface area (Å²) in [5, 5.41) is 7.00. The second-order valence-electron chi connectivity index (χ2n) is 1.65. The summed E-state index contributed by atoms with van der Waals surface area (Å²) in [4.78, 5) is 0. The van der Waals surface area contributed by atoms with Gasteiger partial charge in [0.15, 0.2) is 0 Å². The molecule has 0 radical (unpaired) electrons. The minimum absolute atomic E-state index is 0. The van der Waals surface area contributed by atoms with Gasteiger partial charge in [0.1, 0.15) is 0 Å². The molecule has 0 aromatic carbocycles. The van der Waals surface area contributed by atoms with Crippen molar-refractivity contribution in [2.75, 3.05) is 26.9 Å². The fourth-order valence-electron chi connectivity index (χ4n) is 0.553. The van der Waals surface area contributed by atoms with Crippen LogP contribution in [0.3, 0.4) is 0 Å². The summed E-state index contributed by atoms with van der Waals surface area (Å²) in [6.45, 7) is 7.86. The summed E-state index contributed by atoms with van der Waals surface area (Å²) in [6.07, 6.45) is 0. The van der Waals surface area contributed by atoms with Gasteiger partial charge in [0.05, 0.1) is 0 Å². The Kier molecular flexibility index (Phi) is 28.0. The van der Waals surface area contributed by atoms with Crippen LogP contribution >= 0.6 is 0 Å². The first-order chi connectivity index (χ1) is 5.85. The van der Waals surface area contributed by atoms with Gasteiger partial charge in [0.25, 0.3) is 0 Å². The minimum atomic E-state index is -1.73. The van der Waals surface area contributed by atoms with Gasteiger partial charge in [0, 0.05) is 52.8 Å². The third kappa shape index (κ3) is 15.7. The SMILES string of the molecule is CCO[SiH](OCC)OCC.CO.[Hf]. The van der Waals surface area contributed by atoms with Crippen molar-refractivity contribution in [3.63, 3.8) is 0 Å². The average Bonchev–Trinajstić information content (AvgIpc) is 2.10. The molecule has 0 bridgehead atoms. The van der Waals surface area contributed by atoms with E-state index in [1.165, 1.54) is 0 Å². The third-order valence-electron chi connectivity index (χ3n) is 0.908. The van der Waals surface area contributed by atoms with Gasteiger partial charge in [-0.3, -0.25) is 0 Å². The number of hydrogen-bond donors (Lipinski definition) is 1. The fourth-order valence-corrected chi connectivity index (χ4v) is 1.66. The second-order valence-corrected chi connectivity index (χ2v) is 3.23. The zero-order chi connectivity index (χ0) is 9.82. The van der Waals surface area contributed by atoms with Crippen molar-refractivity contribution in [3.8, 4) is 0 Å². The van der Waals surface area contributed by atoms with Crippen LogP contribution in [0.2, 0.25) is 0 Å². The van der Waals surface area contributed by atoms with Crippen molar-refractivity contribution < 1.29 is 44.2 Å². The molecule has 0 saturated carbocycles. The molecule has 0 atom stereocenters. The Morgan fingerprint density at radius 1 is 0.846 bits per heavy atom. The van der Waals surface area contributed by atoms with E-state index in [0.717, 1.165) is 7.11 Å². The summed E-state index contributed by atoms with van der Waals surface area (Å²) in [6, 6.07) is 0. The third-order valence-corrected chi connectivity index (χ3v) is 2.72. The molecule has 0 rings (SSSR count). The molecule has 4 nitrogen and oxygen atoms in total. The van der Waals surface area contributed by atoms with Crippen LogP contribution in [0.5, 0.6) is 0 Å². The fraction of sp³-hybridized carbons (Fsp3) is 1.00. The molecule has 13 heavy (non-hydrogen) atoms. The predicted octanol–water partition coefficient (Wildman–Crippen LogP) is 0.419. The second kappa shape index (κ2) is 18.7. The van der Waals surface area contributed by atoms with Crippen molar-refractivity contribution in [2.24, 2.45) is 0 Å². The van der Waals surface area contributed by atoms with Gasteiger partial charge >= 0.3 is 9.53 Å². The normalized spacial score (nSPS) is 8.77. The first-order valence-electron chi connectivity index (χ1n) is 4.14. The first kappa shape index (κ1) is 19.5. The topological polar surface area (TPSA) is 47.9 Å². The van der Waals surface area contributed by atoms with Gasteiger partial charge in [-0.2, -0.15) is 0 Å². The number of hydrogen-bond acceptors (Lipinski definition) is 4. The molecule has 0 unspecified atom stereocenters. The molecule has 0 heterocycles. The maximum absolute atomic E-state index is 7.00. The molecule has 0 amide bonds. The maximum atomic E-state index is 7.00. The standard InChI is InChI=1S/C6H16O3Si.CH4O.Hf/c1-4-7-10(8-5-2)9-6-3;1-2;/h10H,4-6H2,1-3H3;2H,1H3;. The van der Waals surface area contributed by atoms with Crippen molar-refractivity contribution in [2.45, 2.75) is 20.8 Å². The van der Waals surface area contributed by atoms with E-state index in [9.17, 15) is 0 Å². The summed E-state index contributed by atoms with van der Waals surface area (Å²) in [5.74, 6) is 0. The van der Waals surface area contributed by atoms with Crippen LogP contribution in [0.1, 0.15) is 20.8 Å². The van der Waals surface area contributed by atoms with Crippen LogP contribution in [-0.2, 0) is 39.1 Å². The van der Waals surface area contributed by atoms with Gasteiger partial charge in [0.2, 0.25) is 0 Å². The van der Waals surface area contributed by atoms with Gasteiger partial charge in [-0.25, -0.2) is 0 Å². The summed E-state index contributed by atoms with van der Waals surface area (Å²) >= 11 is 0. The minimum Gasteiger partial charge on any atom is -0.400 e. The molecule has 0 fully saturated rings. The Labute approximate surface area is 101 Å². The predicted molar refractivity (Wildman–Crippen MR) is 50.2 cm³/mol. The Morgan fingerprint density at radius 2 is 1.08 bits per heavy atom. The van der Waals surface area contributed by atoms with Crippen molar-refractivity contribution in [3.05, 3.63) is 0 Å². The van der Waals surface area contributed by atoms with Gasteiger partial charge in [-0.05, 0) is 20.8 Å². The molecule has 1 N–H and O–H groups in total. The largest absolute Gasteiger partial charge is 0.484 e. The molecule has 0 saturated heterocycles. The van der Waals surface area contributed by atoms with Crippen LogP contribution in [0.15, 0.2) is 0 Å². The van der Waals surface area contributed by atoms with Gasteiger partial charge in [-0.15, -0.1) is 0 Å². The molecule has 0 aromatic heterocycles. The van der Waals surface area contributed by atoms with Crippen LogP contribution in [-0.4, -0.2) is 41.6 Å². The molecule has 0 spiro atoms. The van der Waals surface area contributed by atoms with E-state index in [0.29, 0.717) is 19.8 Å². The number of rotatable bonds is 6. The summed E-state index contributed by atoms with van der Waals surface area (Å²) in [5.41, 5.74) is 0. The average molecular weight is 375 g/mol. The summed E-state index contributed by atoms with van der Waals surface area (Å²) in [7, 11) is -0.734. The molecule has 0 aromatic rings. The molecule has 0 aliphatic heterocycles. The Hall–Kier alpha value is 0.927. The van der Waals surface area contributed by atoms with E-state index in [-0.39, 0.29) is 25.8 Å². The van der Waals surface area contributed by atoms with Gasteiger partial charge in [-0.1, -0.05) is 0 Å². The van der Waals surface area contributed by atoms with Crippen LogP contribution in [0.25, 0.3) is 0 Å². The molecule has 80 valence electrons. The zero-order valence-corrected chi connectivity index (χ0v) is 13.6. The first-order valence-corrected chi connectivity index (χ1v) is 5.56. The van der Waals surface area contributed by atoms with Gasteiger partial charge < -0.3 is 18.4 Å². The molecule has 6 heteroatoms. The van der Waals surface area contributed by atoms with E-state index >= 15 is 0 Å². The molecular weight excluding hydrogens is 355 g/mol. The zero-order valence-electron chi connectivity index (χ0n) is 8.87. The van der Waals surface area contributed by atoms with Crippen molar-refractivity contribution >= 4 is 9.53 Å². The smallest absolute Gasteiger partial charge is 0.400 e. The van der Waals surface area contributed by atoms with E-state index in [1.807, 2.05) is 20.8 Å². The van der Waals surface area contributed by atoms with Crippen LogP contribution in [0, 0.1) is 0 Å².